The minimum atomic E-state index is -0.921. The lowest BCUT2D eigenvalue weighted by Crippen LogP contribution is -2.21. The fourth-order valence-corrected chi connectivity index (χ4v) is 1.29. The van der Waals surface area contributed by atoms with Gasteiger partial charge >= 0.3 is 5.97 Å². The van der Waals surface area contributed by atoms with Gasteiger partial charge in [0.25, 0.3) is 0 Å². The summed E-state index contributed by atoms with van der Waals surface area (Å²) in [6.45, 7) is 4.03. The van der Waals surface area contributed by atoms with Crippen LogP contribution in [-0.2, 0) is 4.79 Å². The van der Waals surface area contributed by atoms with Crippen LogP contribution in [0.3, 0.4) is 0 Å². The second kappa shape index (κ2) is 6.89. The average Bonchev–Trinajstić information content (AvgIpc) is 2.03. The van der Waals surface area contributed by atoms with Crippen molar-refractivity contribution in [3.63, 3.8) is 0 Å². The van der Waals surface area contributed by atoms with E-state index < -0.39 is 12.1 Å². The van der Waals surface area contributed by atoms with Gasteiger partial charge in [0.05, 0.1) is 12.5 Å². The molecule has 0 spiro atoms. The molecule has 0 saturated heterocycles. The first-order valence-electron chi connectivity index (χ1n) is 4.97. The first-order chi connectivity index (χ1) is 6.07. The summed E-state index contributed by atoms with van der Waals surface area (Å²) in [7, 11) is 0. The SMILES string of the molecule is CCCCCC(C)C(O)CC(=O)O. The Hall–Kier alpha value is -0.570. The number of carboxylic acids is 1. The number of rotatable bonds is 7. The molecule has 3 nitrogen and oxygen atoms in total. The molecule has 0 amide bonds. The Morgan fingerprint density at radius 2 is 2.00 bits per heavy atom. The normalized spacial score (nSPS) is 15.3. The third-order valence-electron chi connectivity index (χ3n) is 2.30. The Bertz CT molecular complexity index is 145. The van der Waals surface area contributed by atoms with Crippen LogP contribution >= 0.6 is 0 Å². The maximum absolute atomic E-state index is 10.3. The Kier molecular flexibility index (Phi) is 6.59. The molecule has 0 heterocycles. The topological polar surface area (TPSA) is 57.5 Å². The van der Waals surface area contributed by atoms with Crippen molar-refractivity contribution in [2.75, 3.05) is 0 Å². The molecule has 2 unspecified atom stereocenters. The van der Waals surface area contributed by atoms with Crippen LogP contribution < -0.4 is 0 Å². The van der Waals surface area contributed by atoms with E-state index in [1.165, 1.54) is 0 Å². The van der Waals surface area contributed by atoms with Crippen molar-refractivity contribution in [3.05, 3.63) is 0 Å². The zero-order valence-corrected chi connectivity index (χ0v) is 8.49. The second-order valence-corrected chi connectivity index (χ2v) is 3.64. The summed E-state index contributed by atoms with van der Waals surface area (Å²) in [6, 6.07) is 0. The summed E-state index contributed by atoms with van der Waals surface area (Å²) in [4.78, 5) is 10.3. The zero-order valence-electron chi connectivity index (χ0n) is 8.49. The third kappa shape index (κ3) is 6.58. The predicted octanol–water partition coefficient (Wildman–Crippen LogP) is 2.04. The summed E-state index contributed by atoms with van der Waals surface area (Å²) in [5.41, 5.74) is 0. The second-order valence-electron chi connectivity index (χ2n) is 3.64. The number of hydrogen-bond donors (Lipinski definition) is 2. The van der Waals surface area contributed by atoms with Crippen molar-refractivity contribution in [3.8, 4) is 0 Å². The van der Waals surface area contributed by atoms with Crippen LogP contribution in [0.5, 0.6) is 0 Å². The number of unbranched alkanes of at least 4 members (excludes halogenated alkanes) is 2. The van der Waals surface area contributed by atoms with Crippen molar-refractivity contribution in [2.24, 2.45) is 5.92 Å². The van der Waals surface area contributed by atoms with Crippen molar-refractivity contribution in [2.45, 2.75) is 52.1 Å². The van der Waals surface area contributed by atoms with Crippen LogP contribution in [0, 0.1) is 5.92 Å². The minimum absolute atomic E-state index is 0.0997. The number of aliphatic hydroxyl groups excluding tert-OH is 1. The summed E-state index contributed by atoms with van der Waals surface area (Å²) in [6.07, 6.45) is 3.49. The van der Waals surface area contributed by atoms with E-state index in [9.17, 15) is 9.90 Å². The van der Waals surface area contributed by atoms with Crippen LogP contribution in [0.4, 0.5) is 0 Å². The molecule has 0 rings (SSSR count). The molecule has 0 aliphatic heterocycles. The van der Waals surface area contributed by atoms with E-state index in [0.717, 1.165) is 25.7 Å². The molecular weight excluding hydrogens is 168 g/mol. The van der Waals surface area contributed by atoms with Crippen LogP contribution in [0.2, 0.25) is 0 Å². The summed E-state index contributed by atoms with van der Waals surface area (Å²) in [5, 5.41) is 17.9. The highest BCUT2D eigenvalue weighted by molar-refractivity contribution is 5.67. The molecule has 0 aliphatic carbocycles. The van der Waals surface area contributed by atoms with Crippen molar-refractivity contribution in [1.82, 2.24) is 0 Å². The van der Waals surface area contributed by atoms with E-state index in [4.69, 9.17) is 5.11 Å². The number of carboxylic acid groups (broad SMARTS) is 1. The third-order valence-corrected chi connectivity index (χ3v) is 2.30. The first kappa shape index (κ1) is 12.4. The molecule has 2 N–H and O–H groups in total. The van der Waals surface area contributed by atoms with Gasteiger partial charge in [-0.1, -0.05) is 33.1 Å². The van der Waals surface area contributed by atoms with Crippen LogP contribution in [0.25, 0.3) is 0 Å². The highest BCUT2D eigenvalue weighted by Crippen LogP contribution is 2.15. The van der Waals surface area contributed by atoms with Gasteiger partial charge in [0.1, 0.15) is 0 Å². The molecule has 0 aromatic heterocycles. The lowest BCUT2D eigenvalue weighted by molar-refractivity contribution is -0.139. The van der Waals surface area contributed by atoms with Gasteiger partial charge in [-0.25, -0.2) is 0 Å². The largest absolute Gasteiger partial charge is 0.481 e. The van der Waals surface area contributed by atoms with Gasteiger partial charge in [0.15, 0.2) is 0 Å². The maximum Gasteiger partial charge on any atom is 0.305 e. The lowest BCUT2D eigenvalue weighted by atomic mass is 9.95. The van der Waals surface area contributed by atoms with Gasteiger partial charge in [-0.15, -0.1) is 0 Å². The Morgan fingerprint density at radius 1 is 1.38 bits per heavy atom. The predicted molar refractivity (Wildman–Crippen MR) is 51.6 cm³/mol. The van der Waals surface area contributed by atoms with E-state index in [1.54, 1.807) is 0 Å². The van der Waals surface area contributed by atoms with E-state index >= 15 is 0 Å². The van der Waals surface area contributed by atoms with Crippen LogP contribution in [0.1, 0.15) is 46.0 Å². The lowest BCUT2D eigenvalue weighted by Gasteiger charge is -2.16. The highest BCUT2D eigenvalue weighted by atomic mass is 16.4. The van der Waals surface area contributed by atoms with E-state index in [1.807, 2.05) is 6.92 Å². The van der Waals surface area contributed by atoms with Crippen molar-refractivity contribution >= 4 is 5.97 Å². The standard InChI is InChI=1S/C10H20O3/c1-3-4-5-6-8(2)9(11)7-10(12)13/h8-9,11H,3-7H2,1-2H3,(H,12,13). The molecule has 2 atom stereocenters. The Balaban J connectivity index is 3.56. The van der Waals surface area contributed by atoms with E-state index in [-0.39, 0.29) is 12.3 Å². The van der Waals surface area contributed by atoms with Crippen molar-refractivity contribution < 1.29 is 15.0 Å². The van der Waals surface area contributed by atoms with Gasteiger partial charge in [-0.3, -0.25) is 4.79 Å². The molecule has 3 heteroatoms. The van der Waals surface area contributed by atoms with Gasteiger partial charge in [0, 0.05) is 0 Å². The number of aliphatic carboxylic acids is 1. The van der Waals surface area contributed by atoms with Gasteiger partial charge in [-0.2, -0.15) is 0 Å². The van der Waals surface area contributed by atoms with Crippen molar-refractivity contribution in [1.29, 1.82) is 0 Å². The fraction of sp³-hybridized carbons (Fsp3) is 0.900. The molecule has 0 bridgehead atoms. The van der Waals surface area contributed by atoms with Gasteiger partial charge in [-0.05, 0) is 12.3 Å². The summed E-state index contributed by atoms with van der Waals surface area (Å²) < 4.78 is 0. The summed E-state index contributed by atoms with van der Waals surface area (Å²) in [5.74, 6) is -0.822. The fourth-order valence-electron chi connectivity index (χ4n) is 1.29. The average molecular weight is 188 g/mol. The molecule has 13 heavy (non-hydrogen) atoms. The van der Waals surface area contributed by atoms with Crippen LogP contribution in [0.15, 0.2) is 0 Å². The Labute approximate surface area is 79.8 Å². The van der Waals surface area contributed by atoms with E-state index in [0.29, 0.717) is 0 Å². The monoisotopic (exact) mass is 188 g/mol. The maximum atomic E-state index is 10.3. The molecule has 0 aliphatic rings. The highest BCUT2D eigenvalue weighted by Gasteiger charge is 2.16. The smallest absolute Gasteiger partial charge is 0.305 e. The molecule has 0 aromatic carbocycles. The number of hydrogen-bond acceptors (Lipinski definition) is 2. The zero-order chi connectivity index (χ0) is 10.3. The molecule has 0 fully saturated rings. The van der Waals surface area contributed by atoms with Gasteiger partial charge in [0.2, 0.25) is 0 Å². The molecule has 0 saturated carbocycles. The molecule has 0 aromatic rings. The van der Waals surface area contributed by atoms with Gasteiger partial charge < -0.3 is 10.2 Å². The molecule has 78 valence electrons. The van der Waals surface area contributed by atoms with Crippen LogP contribution in [-0.4, -0.2) is 22.3 Å². The molecule has 0 radical (unpaired) electrons. The minimum Gasteiger partial charge on any atom is -0.481 e. The quantitative estimate of drug-likeness (QED) is 0.601. The first-order valence-corrected chi connectivity index (χ1v) is 4.97. The number of carbonyl (C=O) groups is 1. The summed E-state index contributed by atoms with van der Waals surface area (Å²) >= 11 is 0. The van der Waals surface area contributed by atoms with E-state index in [2.05, 4.69) is 6.92 Å². The Morgan fingerprint density at radius 3 is 2.46 bits per heavy atom. The number of aliphatic hydroxyl groups is 1. The molecular formula is C10H20O3.